The fraction of sp³-hybridized carbons (Fsp3) is 0.200. The lowest BCUT2D eigenvalue weighted by molar-refractivity contribution is -0.133. The van der Waals surface area contributed by atoms with Gasteiger partial charge >= 0.3 is 5.97 Å². The van der Waals surface area contributed by atoms with E-state index in [1.165, 1.54) is 6.92 Å². The summed E-state index contributed by atoms with van der Waals surface area (Å²) in [5.74, 6) is 5.23. The van der Waals surface area contributed by atoms with E-state index in [0.717, 1.165) is 11.1 Å². The highest BCUT2D eigenvalue weighted by atomic mass is 16.5. The first-order valence-corrected chi connectivity index (χ1v) is 4.79. The third kappa shape index (κ3) is 1.88. The first-order chi connectivity index (χ1) is 7.72. The molecule has 0 bridgehead atoms. The molecule has 0 saturated carbocycles. The Morgan fingerprint density at radius 3 is 3.00 bits per heavy atom. The van der Waals surface area contributed by atoms with Crippen molar-refractivity contribution in [3.05, 3.63) is 35.4 Å². The van der Waals surface area contributed by atoms with Crippen LogP contribution in [0.3, 0.4) is 0 Å². The average molecular weight is 220 g/mol. The summed E-state index contributed by atoms with van der Waals surface area (Å²) < 4.78 is 4.99. The van der Waals surface area contributed by atoms with Gasteiger partial charge in [-0.2, -0.15) is 0 Å². The Kier molecular flexibility index (Phi) is 2.84. The topological polar surface area (TPSA) is 88.7 Å². The highest BCUT2D eigenvalue weighted by molar-refractivity contribution is 6.01. The Bertz CT molecular complexity index is 444. The SMILES string of the molecule is CC(=O)OC1=NNC(NN)c2ccccc21. The molecule has 1 atom stereocenters. The van der Waals surface area contributed by atoms with Gasteiger partial charge in [0.05, 0.1) is 0 Å². The predicted octanol–water partition coefficient (Wildman–Crippen LogP) is -0.0236. The van der Waals surface area contributed by atoms with E-state index >= 15 is 0 Å². The van der Waals surface area contributed by atoms with E-state index in [-0.39, 0.29) is 12.1 Å². The van der Waals surface area contributed by atoms with E-state index in [1.54, 1.807) is 0 Å². The molecule has 1 aromatic rings. The number of nitrogens with one attached hydrogen (secondary N) is 2. The van der Waals surface area contributed by atoms with Crippen LogP contribution in [0.15, 0.2) is 29.4 Å². The van der Waals surface area contributed by atoms with Crippen LogP contribution in [0.4, 0.5) is 0 Å². The lowest BCUT2D eigenvalue weighted by Crippen LogP contribution is -2.40. The number of ether oxygens (including phenoxy) is 1. The maximum atomic E-state index is 10.9. The number of benzene rings is 1. The number of nitrogens with two attached hydrogens (primary N) is 1. The maximum absolute atomic E-state index is 10.9. The number of rotatable bonds is 1. The summed E-state index contributed by atoms with van der Waals surface area (Å²) in [6, 6.07) is 7.42. The second-order valence-corrected chi connectivity index (χ2v) is 3.33. The number of esters is 1. The number of hydrogen-bond acceptors (Lipinski definition) is 6. The molecule has 0 radical (unpaired) electrons. The first-order valence-electron chi connectivity index (χ1n) is 4.79. The van der Waals surface area contributed by atoms with Crippen molar-refractivity contribution in [1.82, 2.24) is 10.9 Å². The number of fused-ring (bicyclic) bond motifs is 1. The molecule has 84 valence electrons. The third-order valence-electron chi connectivity index (χ3n) is 2.20. The minimum absolute atomic E-state index is 0.259. The van der Waals surface area contributed by atoms with Gasteiger partial charge in [0.25, 0.3) is 0 Å². The van der Waals surface area contributed by atoms with Crippen molar-refractivity contribution in [2.75, 3.05) is 0 Å². The average Bonchev–Trinajstić information content (AvgIpc) is 2.29. The Hall–Kier alpha value is -1.92. The monoisotopic (exact) mass is 220 g/mol. The lowest BCUT2D eigenvalue weighted by Gasteiger charge is -2.24. The van der Waals surface area contributed by atoms with E-state index in [4.69, 9.17) is 10.6 Å². The van der Waals surface area contributed by atoms with Gasteiger partial charge in [0.2, 0.25) is 5.90 Å². The minimum atomic E-state index is -0.408. The third-order valence-corrected chi connectivity index (χ3v) is 2.20. The van der Waals surface area contributed by atoms with Crippen LogP contribution in [0.1, 0.15) is 24.2 Å². The van der Waals surface area contributed by atoms with Crippen LogP contribution in [-0.2, 0) is 9.53 Å². The molecule has 0 saturated heterocycles. The van der Waals surface area contributed by atoms with Gasteiger partial charge in [0.15, 0.2) is 0 Å². The van der Waals surface area contributed by atoms with Crippen LogP contribution in [0, 0.1) is 0 Å². The van der Waals surface area contributed by atoms with E-state index in [0.29, 0.717) is 0 Å². The van der Waals surface area contributed by atoms with Gasteiger partial charge in [-0.1, -0.05) is 18.2 Å². The fourth-order valence-electron chi connectivity index (χ4n) is 1.54. The molecule has 6 heteroatoms. The van der Waals surface area contributed by atoms with Gasteiger partial charge in [0, 0.05) is 18.1 Å². The molecule has 0 fully saturated rings. The second kappa shape index (κ2) is 4.30. The fourth-order valence-corrected chi connectivity index (χ4v) is 1.54. The molecular weight excluding hydrogens is 208 g/mol. The number of carbonyl (C=O) groups is 1. The van der Waals surface area contributed by atoms with Crippen LogP contribution in [0.2, 0.25) is 0 Å². The Labute approximate surface area is 92.4 Å². The Morgan fingerprint density at radius 2 is 2.31 bits per heavy atom. The van der Waals surface area contributed by atoms with Crippen molar-refractivity contribution in [2.24, 2.45) is 10.9 Å². The first kappa shape index (κ1) is 10.6. The number of carbonyl (C=O) groups excluding carboxylic acids is 1. The van der Waals surface area contributed by atoms with Gasteiger partial charge in [-0.25, -0.2) is 5.43 Å². The van der Waals surface area contributed by atoms with Crippen molar-refractivity contribution < 1.29 is 9.53 Å². The van der Waals surface area contributed by atoms with E-state index in [1.807, 2.05) is 24.3 Å². The van der Waals surface area contributed by atoms with Gasteiger partial charge in [-0.3, -0.25) is 16.1 Å². The van der Waals surface area contributed by atoms with Gasteiger partial charge in [0.1, 0.15) is 6.17 Å². The summed E-state index contributed by atoms with van der Waals surface area (Å²) in [6.07, 6.45) is -0.282. The van der Waals surface area contributed by atoms with Crippen LogP contribution in [0.25, 0.3) is 0 Å². The normalized spacial score (nSPS) is 18.1. The summed E-state index contributed by atoms with van der Waals surface area (Å²) in [6.45, 7) is 1.33. The molecule has 1 unspecified atom stereocenters. The van der Waals surface area contributed by atoms with Gasteiger partial charge in [-0.05, 0) is 6.07 Å². The Balaban J connectivity index is 2.38. The zero-order valence-electron chi connectivity index (χ0n) is 8.73. The molecule has 0 aromatic heterocycles. The summed E-state index contributed by atoms with van der Waals surface area (Å²) >= 11 is 0. The van der Waals surface area contributed by atoms with Crippen LogP contribution in [-0.4, -0.2) is 11.9 Å². The molecule has 0 aliphatic carbocycles. The highest BCUT2D eigenvalue weighted by Crippen LogP contribution is 2.20. The molecule has 1 heterocycles. The van der Waals surface area contributed by atoms with Crippen molar-refractivity contribution in [3.63, 3.8) is 0 Å². The molecule has 0 spiro atoms. The molecule has 1 aliphatic heterocycles. The van der Waals surface area contributed by atoms with E-state index < -0.39 is 5.97 Å². The highest BCUT2D eigenvalue weighted by Gasteiger charge is 2.22. The predicted molar refractivity (Wildman–Crippen MR) is 57.9 cm³/mol. The van der Waals surface area contributed by atoms with Gasteiger partial charge < -0.3 is 4.74 Å². The van der Waals surface area contributed by atoms with Crippen molar-refractivity contribution >= 4 is 11.9 Å². The zero-order chi connectivity index (χ0) is 11.5. The second-order valence-electron chi connectivity index (χ2n) is 3.33. The van der Waals surface area contributed by atoms with Crippen molar-refractivity contribution in [2.45, 2.75) is 13.1 Å². The summed E-state index contributed by atoms with van der Waals surface area (Å²) in [7, 11) is 0. The molecule has 6 nitrogen and oxygen atoms in total. The molecule has 1 aliphatic rings. The molecule has 1 aromatic carbocycles. The number of hydrazone groups is 1. The smallest absolute Gasteiger partial charge is 0.309 e. The minimum Gasteiger partial charge on any atom is -0.405 e. The maximum Gasteiger partial charge on any atom is 0.309 e. The van der Waals surface area contributed by atoms with Crippen molar-refractivity contribution in [3.8, 4) is 0 Å². The molecular formula is C10H12N4O2. The quantitative estimate of drug-likeness (QED) is 0.351. The molecule has 16 heavy (non-hydrogen) atoms. The molecule has 0 amide bonds. The van der Waals surface area contributed by atoms with E-state index in [2.05, 4.69) is 16.0 Å². The number of hydrogen-bond donors (Lipinski definition) is 3. The molecule has 4 N–H and O–H groups in total. The van der Waals surface area contributed by atoms with Crippen LogP contribution >= 0.6 is 0 Å². The number of nitrogens with zero attached hydrogens (tertiary/aromatic N) is 1. The number of hydrazine groups is 1. The van der Waals surface area contributed by atoms with Crippen molar-refractivity contribution in [1.29, 1.82) is 0 Å². The molecule has 2 rings (SSSR count). The summed E-state index contributed by atoms with van der Waals surface area (Å²) in [4.78, 5) is 10.9. The summed E-state index contributed by atoms with van der Waals surface area (Å²) in [5, 5.41) is 3.94. The lowest BCUT2D eigenvalue weighted by atomic mass is 10.0. The van der Waals surface area contributed by atoms with Gasteiger partial charge in [-0.15, -0.1) is 5.10 Å². The summed E-state index contributed by atoms with van der Waals surface area (Å²) in [5.41, 5.74) is 6.97. The van der Waals surface area contributed by atoms with Crippen LogP contribution in [0.5, 0.6) is 0 Å². The standard InChI is InChI=1S/C10H12N4O2/c1-6(15)16-10-8-5-3-2-4-7(8)9(12-11)13-14-10/h2-5,9,12-13H,11H2,1H3. The van der Waals surface area contributed by atoms with Crippen LogP contribution < -0.4 is 16.7 Å². The Morgan fingerprint density at radius 1 is 1.56 bits per heavy atom. The van der Waals surface area contributed by atoms with E-state index in [9.17, 15) is 4.79 Å². The largest absolute Gasteiger partial charge is 0.405 e. The zero-order valence-corrected chi connectivity index (χ0v) is 8.73.